The van der Waals surface area contributed by atoms with Crippen LogP contribution in [0.2, 0.25) is 5.02 Å². The summed E-state index contributed by atoms with van der Waals surface area (Å²) in [5, 5.41) is 0.634. The van der Waals surface area contributed by atoms with Crippen LogP contribution in [0.15, 0.2) is 12.6 Å². The molecule has 0 amide bonds. The number of carbonyl (C=O) groups excluding carboxylic acids is 1. The van der Waals surface area contributed by atoms with E-state index < -0.39 is 0 Å². The maximum Gasteiger partial charge on any atom is 0.130 e. The van der Waals surface area contributed by atoms with Crippen molar-refractivity contribution in [3.05, 3.63) is 34.4 Å². The van der Waals surface area contributed by atoms with E-state index in [-0.39, 0.29) is 0 Å². The van der Waals surface area contributed by atoms with E-state index in [1.165, 1.54) is 0 Å². The van der Waals surface area contributed by atoms with Gasteiger partial charge in [-0.3, -0.25) is 0 Å². The molecule has 16 heavy (non-hydrogen) atoms. The number of ether oxygens (including phenoxy) is 1. The van der Waals surface area contributed by atoms with E-state index in [2.05, 4.69) is 6.58 Å². The van der Waals surface area contributed by atoms with Gasteiger partial charge >= 0.3 is 0 Å². The first-order valence-corrected chi connectivity index (χ1v) is 5.54. The molecule has 0 aliphatic carbocycles. The molecule has 0 unspecified atom stereocenters. The Morgan fingerprint density at radius 2 is 2.25 bits per heavy atom. The van der Waals surface area contributed by atoms with Crippen molar-refractivity contribution in [1.29, 1.82) is 0 Å². The van der Waals surface area contributed by atoms with Crippen LogP contribution in [0.4, 0.5) is 0 Å². The second-order valence-electron chi connectivity index (χ2n) is 3.39. The Kier molecular flexibility index (Phi) is 4.56. The van der Waals surface area contributed by atoms with Gasteiger partial charge in [0, 0.05) is 22.6 Å². The molecule has 0 spiro atoms. The SMILES string of the molecule is C=Cc1c(C)c(Cl)cc(CC=O)c1OCC. The Bertz CT molecular complexity index is 411. The third-order valence-corrected chi connectivity index (χ3v) is 2.79. The van der Waals surface area contributed by atoms with Crippen LogP contribution in [0.3, 0.4) is 0 Å². The van der Waals surface area contributed by atoms with Gasteiger partial charge in [-0.1, -0.05) is 24.3 Å². The first-order chi connectivity index (χ1) is 7.65. The van der Waals surface area contributed by atoms with Crippen LogP contribution < -0.4 is 4.74 Å². The van der Waals surface area contributed by atoms with E-state index in [1.807, 2.05) is 13.8 Å². The van der Waals surface area contributed by atoms with E-state index in [4.69, 9.17) is 16.3 Å². The minimum atomic E-state index is 0.302. The van der Waals surface area contributed by atoms with E-state index in [9.17, 15) is 4.79 Å². The summed E-state index contributed by atoms with van der Waals surface area (Å²) < 4.78 is 5.56. The molecule has 0 radical (unpaired) electrons. The Balaban J connectivity index is 3.41. The predicted octanol–water partition coefficient (Wildman–Crippen LogP) is 3.43. The summed E-state index contributed by atoms with van der Waals surface area (Å²) in [6.07, 6.45) is 2.85. The van der Waals surface area contributed by atoms with E-state index in [0.717, 1.165) is 23.0 Å². The maximum atomic E-state index is 10.6. The minimum Gasteiger partial charge on any atom is -0.493 e. The van der Waals surface area contributed by atoms with Gasteiger partial charge in [0.15, 0.2) is 0 Å². The Morgan fingerprint density at radius 3 is 2.75 bits per heavy atom. The fourth-order valence-corrected chi connectivity index (χ4v) is 1.83. The van der Waals surface area contributed by atoms with Gasteiger partial charge in [0.05, 0.1) is 6.61 Å². The van der Waals surface area contributed by atoms with Crippen molar-refractivity contribution in [3.8, 4) is 5.75 Å². The first-order valence-electron chi connectivity index (χ1n) is 5.16. The second-order valence-corrected chi connectivity index (χ2v) is 3.80. The molecule has 0 saturated heterocycles. The highest BCUT2D eigenvalue weighted by Gasteiger charge is 2.13. The van der Waals surface area contributed by atoms with Crippen LogP contribution in [-0.4, -0.2) is 12.9 Å². The zero-order valence-electron chi connectivity index (χ0n) is 9.55. The third-order valence-electron chi connectivity index (χ3n) is 2.40. The van der Waals surface area contributed by atoms with Gasteiger partial charge in [-0.25, -0.2) is 0 Å². The van der Waals surface area contributed by atoms with Gasteiger partial charge in [0.2, 0.25) is 0 Å². The van der Waals surface area contributed by atoms with Crippen molar-refractivity contribution in [1.82, 2.24) is 0 Å². The molecule has 2 nitrogen and oxygen atoms in total. The van der Waals surface area contributed by atoms with Crippen LogP contribution in [0, 0.1) is 6.92 Å². The van der Waals surface area contributed by atoms with Gasteiger partial charge in [-0.2, -0.15) is 0 Å². The predicted molar refractivity (Wildman–Crippen MR) is 67.2 cm³/mol. The lowest BCUT2D eigenvalue weighted by atomic mass is 10.0. The molecule has 1 aromatic rings. The second kappa shape index (κ2) is 5.71. The van der Waals surface area contributed by atoms with Gasteiger partial charge in [-0.05, 0) is 25.5 Å². The molecule has 1 rings (SSSR count). The highest BCUT2D eigenvalue weighted by Crippen LogP contribution is 2.33. The average molecular weight is 239 g/mol. The molecule has 0 N–H and O–H groups in total. The van der Waals surface area contributed by atoms with Gasteiger partial charge in [0.25, 0.3) is 0 Å². The number of aldehydes is 1. The molecule has 0 bridgehead atoms. The van der Waals surface area contributed by atoms with Crippen molar-refractivity contribution in [3.63, 3.8) is 0 Å². The summed E-state index contributed by atoms with van der Waals surface area (Å²) in [4.78, 5) is 10.6. The third kappa shape index (κ3) is 2.45. The number of hydrogen-bond donors (Lipinski definition) is 0. The van der Waals surface area contributed by atoms with Gasteiger partial charge in [-0.15, -0.1) is 0 Å². The summed E-state index contributed by atoms with van der Waals surface area (Å²) >= 11 is 6.09. The average Bonchev–Trinajstić information content (AvgIpc) is 2.26. The summed E-state index contributed by atoms with van der Waals surface area (Å²) in [7, 11) is 0. The van der Waals surface area contributed by atoms with Crippen molar-refractivity contribution in [2.45, 2.75) is 20.3 Å². The summed E-state index contributed by atoms with van der Waals surface area (Å²) in [6.45, 7) is 8.11. The molecule has 0 aromatic heterocycles. The van der Waals surface area contributed by atoms with Crippen LogP contribution in [-0.2, 0) is 11.2 Å². The largest absolute Gasteiger partial charge is 0.493 e. The molecule has 3 heteroatoms. The molecule has 86 valence electrons. The lowest BCUT2D eigenvalue weighted by Crippen LogP contribution is -2.02. The fourth-order valence-electron chi connectivity index (χ4n) is 1.60. The molecule has 0 aliphatic heterocycles. The van der Waals surface area contributed by atoms with E-state index in [1.54, 1.807) is 12.1 Å². The van der Waals surface area contributed by atoms with Crippen LogP contribution >= 0.6 is 11.6 Å². The summed E-state index contributed by atoms with van der Waals surface area (Å²) in [6, 6.07) is 1.78. The van der Waals surface area contributed by atoms with Gasteiger partial charge in [0.1, 0.15) is 12.0 Å². The zero-order valence-corrected chi connectivity index (χ0v) is 10.3. The van der Waals surface area contributed by atoms with E-state index >= 15 is 0 Å². The number of rotatable bonds is 5. The molecule has 0 saturated carbocycles. The molecule has 0 fully saturated rings. The summed E-state index contributed by atoms with van der Waals surface area (Å²) in [5.41, 5.74) is 2.60. The lowest BCUT2D eigenvalue weighted by molar-refractivity contribution is -0.107. The van der Waals surface area contributed by atoms with Crippen LogP contribution in [0.5, 0.6) is 5.75 Å². The van der Waals surface area contributed by atoms with Crippen LogP contribution in [0.1, 0.15) is 23.6 Å². The molecule has 1 aromatic carbocycles. The normalized spacial score (nSPS) is 9.94. The number of halogens is 1. The smallest absolute Gasteiger partial charge is 0.130 e. The lowest BCUT2D eigenvalue weighted by Gasteiger charge is -2.15. The summed E-state index contributed by atoms with van der Waals surface area (Å²) in [5.74, 6) is 0.714. The maximum absolute atomic E-state index is 10.6. The molecular formula is C13H15ClO2. The molecule has 0 aliphatic rings. The molecule has 0 atom stereocenters. The Morgan fingerprint density at radius 1 is 1.56 bits per heavy atom. The number of carbonyl (C=O) groups is 1. The topological polar surface area (TPSA) is 26.3 Å². The number of hydrogen-bond acceptors (Lipinski definition) is 2. The first kappa shape index (κ1) is 12.8. The quantitative estimate of drug-likeness (QED) is 0.735. The van der Waals surface area contributed by atoms with Crippen molar-refractivity contribution in [2.75, 3.05) is 6.61 Å². The highest BCUT2D eigenvalue weighted by molar-refractivity contribution is 6.31. The standard InChI is InChI=1S/C13H15ClO2/c1-4-11-9(3)12(14)8-10(6-7-15)13(11)16-5-2/h4,7-8H,1,5-6H2,2-3H3. The Hall–Kier alpha value is -1.28. The van der Waals surface area contributed by atoms with E-state index in [0.29, 0.717) is 23.8 Å². The molecule has 0 heterocycles. The zero-order chi connectivity index (χ0) is 12.1. The van der Waals surface area contributed by atoms with Crippen LogP contribution in [0.25, 0.3) is 6.08 Å². The fraction of sp³-hybridized carbons (Fsp3) is 0.308. The monoisotopic (exact) mass is 238 g/mol. The Labute approximate surface area is 101 Å². The van der Waals surface area contributed by atoms with Crippen molar-refractivity contribution >= 4 is 24.0 Å². The van der Waals surface area contributed by atoms with Gasteiger partial charge < -0.3 is 9.53 Å². The molecular weight excluding hydrogens is 224 g/mol. The van der Waals surface area contributed by atoms with Crippen molar-refractivity contribution < 1.29 is 9.53 Å². The highest BCUT2D eigenvalue weighted by atomic mass is 35.5. The number of benzene rings is 1. The van der Waals surface area contributed by atoms with Crippen molar-refractivity contribution in [2.24, 2.45) is 0 Å². The minimum absolute atomic E-state index is 0.302.